The van der Waals surface area contributed by atoms with Gasteiger partial charge in [-0.3, -0.25) is 9.69 Å². The number of benzene rings is 3. The molecule has 31 heavy (non-hydrogen) atoms. The van der Waals surface area contributed by atoms with Gasteiger partial charge in [-0.2, -0.15) is 0 Å². The lowest BCUT2D eigenvalue weighted by Crippen LogP contribution is -2.54. The quantitative estimate of drug-likeness (QED) is 0.630. The second-order valence-electron chi connectivity index (χ2n) is 7.89. The van der Waals surface area contributed by atoms with Gasteiger partial charge in [-0.05, 0) is 53.4 Å². The monoisotopic (exact) mass is 439 g/mol. The lowest BCUT2D eigenvalue weighted by Gasteiger charge is -2.38. The summed E-state index contributed by atoms with van der Waals surface area (Å²) < 4.78 is 30.0. The number of methoxy groups -OCH3 is 1. The molecular weight excluding hydrogens is 414 g/mol. The van der Waals surface area contributed by atoms with Crippen molar-refractivity contribution in [3.63, 3.8) is 0 Å². The standard InChI is InChI=1S/C24H25NO5S/c1-30-20-9-11-21(12-10-20)31(28,29)24(23(26)27)13-15-25(16-14-24)17-19-7-4-6-18-5-2-3-8-22(18)19/h2-12H,13-17H2,1H3,(H,26,27). The Kier molecular flexibility index (Phi) is 5.73. The zero-order chi connectivity index (χ0) is 22.1. The van der Waals surface area contributed by atoms with Crippen LogP contribution in [0.25, 0.3) is 10.8 Å². The molecule has 4 rings (SSSR count). The molecule has 0 radical (unpaired) electrons. The van der Waals surface area contributed by atoms with E-state index in [1.165, 1.54) is 31.4 Å². The van der Waals surface area contributed by atoms with Gasteiger partial charge < -0.3 is 9.84 Å². The van der Waals surface area contributed by atoms with Gasteiger partial charge in [-0.1, -0.05) is 42.5 Å². The number of nitrogens with zero attached hydrogens (tertiary/aromatic N) is 1. The van der Waals surface area contributed by atoms with Crippen LogP contribution in [0.1, 0.15) is 18.4 Å². The molecule has 6 nitrogen and oxygen atoms in total. The fraction of sp³-hybridized carbons (Fsp3) is 0.292. The summed E-state index contributed by atoms with van der Waals surface area (Å²) in [6.45, 7) is 1.44. The average molecular weight is 440 g/mol. The first-order chi connectivity index (χ1) is 14.9. The van der Waals surface area contributed by atoms with Crippen molar-refractivity contribution in [1.29, 1.82) is 0 Å². The number of hydrogen-bond acceptors (Lipinski definition) is 5. The second-order valence-corrected chi connectivity index (χ2v) is 10.2. The Hall–Kier alpha value is -2.90. The van der Waals surface area contributed by atoms with E-state index < -0.39 is 20.6 Å². The van der Waals surface area contributed by atoms with Crippen molar-refractivity contribution in [2.24, 2.45) is 0 Å². The molecule has 0 aromatic heterocycles. The van der Waals surface area contributed by atoms with E-state index in [0.29, 0.717) is 25.4 Å². The number of ether oxygens (including phenoxy) is 1. The molecule has 1 heterocycles. The van der Waals surface area contributed by atoms with Gasteiger partial charge in [0.05, 0.1) is 12.0 Å². The Morgan fingerprint density at radius 2 is 1.65 bits per heavy atom. The molecule has 3 aromatic rings. The van der Waals surface area contributed by atoms with E-state index in [0.717, 1.165) is 16.3 Å². The number of hydrogen-bond donors (Lipinski definition) is 1. The second kappa shape index (κ2) is 8.32. The number of piperidine rings is 1. The summed E-state index contributed by atoms with van der Waals surface area (Å²) in [5, 5.41) is 12.3. The topological polar surface area (TPSA) is 83.9 Å². The van der Waals surface area contributed by atoms with Crippen LogP contribution in [0.3, 0.4) is 0 Å². The molecule has 0 bridgehead atoms. The first kappa shape index (κ1) is 21.3. The van der Waals surface area contributed by atoms with Crippen LogP contribution in [-0.4, -0.2) is 49.3 Å². The highest BCUT2D eigenvalue weighted by molar-refractivity contribution is 7.93. The van der Waals surface area contributed by atoms with Gasteiger partial charge in [0, 0.05) is 19.6 Å². The van der Waals surface area contributed by atoms with Crippen LogP contribution in [0.15, 0.2) is 71.6 Å². The summed E-state index contributed by atoms with van der Waals surface area (Å²) in [6, 6.07) is 20.2. The highest BCUT2D eigenvalue weighted by atomic mass is 32.2. The van der Waals surface area contributed by atoms with Crippen LogP contribution in [-0.2, 0) is 21.2 Å². The average Bonchev–Trinajstić information content (AvgIpc) is 2.79. The summed E-state index contributed by atoms with van der Waals surface area (Å²) in [6.07, 6.45) is 0.0862. The maximum absolute atomic E-state index is 13.3. The number of likely N-dealkylation sites (tertiary alicyclic amines) is 1. The van der Waals surface area contributed by atoms with Crippen LogP contribution in [0.2, 0.25) is 0 Å². The predicted molar refractivity (Wildman–Crippen MR) is 119 cm³/mol. The molecule has 0 unspecified atom stereocenters. The minimum atomic E-state index is -4.06. The van der Waals surface area contributed by atoms with E-state index in [1.807, 2.05) is 18.2 Å². The van der Waals surface area contributed by atoms with Crippen molar-refractivity contribution in [2.75, 3.05) is 20.2 Å². The van der Waals surface area contributed by atoms with Gasteiger partial charge in [0.15, 0.2) is 14.6 Å². The molecule has 7 heteroatoms. The normalized spacial score (nSPS) is 16.8. The Morgan fingerprint density at radius 3 is 2.29 bits per heavy atom. The number of sulfone groups is 1. The van der Waals surface area contributed by atoms with Gasteiger partial charge in [-0.15, -0.1) is 0 Å². The molecule has 0 atom stereocenters. The van der Waals surface area contributed by atoms with E-state index in [4.69, 9.17) is 4.74 Å². The molecular formula is C24H25NO5S. The molecule has 0 amide bonds. The van der Waals surface area contributed by atoms with Crippen LogP contribution in [0.5, 0.6) is 5.75 Å². The Morgan fingerprint density at radius 1 is 1.00 bits per heavy atom. The molecule has 0 saturated carbocycles. The summed E-state index contributed by atoms with van der Waals surface area (Å²) in [5.74, 6) is -0.763. The Labute approximate surface area is 182 Å². The molecule has 0 aliphatic carbocycles. The number of rotatable bonds is 6. The van der Waals surface area contributed by atoms with E-state index in [2.05, 4.69) is 29.2 Å². The smallest absolute Gasteiger partial charge is 0.325 e. The summed E-state index contributed by atoms with van der Waals surface area (Å²) in [7, 11) is -2.57. The minimum absolute atomic E-state index is 0.0122. The number of carbonyl (C=O) groups is 1. The SMILES string of the molecule is COc1ccc(S(=O)(=O)C2(C(=O)O)CCN(Cc3cccc4ccccc34)CC2)cc1. The lowest BCUT2D eigenvalue weighted by molar-refractivity contribution is -0.141. The lowest BCUT2D eigenvalue weighted by atomic mass is 9.95. The van der Waals surface area contributed by atoms with Gasteiger partial charge in [0.2, 0.25) is 0 Å². The minimum Gasteiger partial charge on any atom is -0.497 e. The van der Waals surface area contributed by atoms with E-state index >= 15 is 0 Å². The zero-order valence-electron chi connectivity index (χ0n) is 17.3. The summed E-state index contributed by atoms with van der Waals surface area (Å²) >= 11 is 0. The van der Waals surface area contributed by atoms with Crippen molar-refractivity contribution in [3.05, 3.63) is 72.3 Å². The van der Waals surface area contributed by atoms with Gasteiger partial charge in [0.25, 0.3) is 0 Å². The fourth-order valence-electron chi connectivity index (χ4n) is 4.32. The summed E-state index contributed by atoms with van der Waals surface area (Å²) in [4.78, 5) is 14.4. The third-order valence-electron chi connectivity index (χ3n) is 6.21. The first-order valence-electron chi connectivity index (χ1n) is 10.2. The molecule has 0 spiro atoms. The van der Waals surface area contributed by atoms with Crippen LogP contribution < -0.4 is 4.74 Å². The molecule has 1 aliphatic rings. The largest absolute Gasteiger partial charge is 0.497 e. The molecule has 1 aliphatic heterocycles. The molecule has 1 fully saturated rings. The number of fused-ring (bicyclic) bond motifs is 1. The molecule has 162 valence electrons. The molecule has 1 saturated heterocycles. The van der Waals surface area contributed by atoms with E-state index in [1.54, 1.807) is 0 Å². The predicted octanol–water partition coefficient (Wildman–Crippen LogP) is 3.74. The Balaban J connectivity index is 1.56. The van der Waals surface area contributed by atoms with E-state index in [-0.39, 0.29) is 17.7 Å². The zero-order valence-corrected chi connectivity index (χ0v) is 18.1. The van der Waals surface area contributed by atoms with E-state index in [9.17, 15) is 18.3 Å². The van der Waals surface area contributed by atoms with Gasteiger partial charge in [-0.25, -0.2) is 8.42 Å². The van der Waals surface area contributed by atoms with Gasteiger partial charge >= 0.3 is 5.97 Å². The van der Waals surface area contributed by atoms with Crippen LogP contribution in [0.4, 0.5) is 0 Å². The van der Waals surface area contributed by atoms with Crippen LogP contribution >= 0.6 is 0 Å². The molecule has 1 N–H and O–H groups in total. The first-order valence-corrected chi connectivity index (χ1v) is 11.7. The van der Waals surface area contributed by atoms with Crippen molar-refractivity contribution >= 4 is 26.6 Å². The van der Waals surface area contributed by atoms with Crippen molar-refractivity contribution in [2.45, 2.75) is 29.0 Å². The van der Waals surface area contributed by atoms with Crippen molar-refractivity contribution < 1.29 is 23.1 Å². The third kappa shape index (κ3) is 3.79. The highest BCUT2D eigenvalue weighted by Gasteiger charge is 2.53. The van der Waals surface area contributed by atoms with Gasteiger partial charge in [0.1, 0.15) is 5.75 Å². The van der Waals surface area contributed by atoms with Crippen molar-refractivity contribution in [1.82, 2.24) is 4.90 Å². The van der Waals surface area contributed by atoms with Crippen LogP contribution in [0, 0.1) is 0 Å². The fourth-order valence-corrected chi connectivity index (χ4v) is 6.22. The highest BCUT2D eigenvalue weighted by Crippen LogP contribution is 2.37. The maximum Gasteiger partial charge on any atom is 0.325 e. The maximum atomic E-state index is 13.3. The Bertz CT molecular complexity index is 1190. The number of carboxylic acid groups (broad SMARTS) is 1. The number of aliphatic carboxylic acids is 1. The number of carboxylic acids is 1. The molecule has 3 aromatic carbocycles. The van der Waals surface area contributed by atoms with Crippen molar-refractivity contribution in [3.8, 4) is 5.75 Å². The third-order valence-corrected chi connectivity index (χ3v) is 8.72. The summed E-state index contributed by atoms with van der Waals surface area (Å²) in [5.41, 5.74) is 1.15.